The van der Waals surface area contributed by atoms with Crippen molar-refractivity contribution in [1.82, 2.24) is 4.90 Å². The molecule has 174 valence electrons. The summed E-state index contributed by atoms with van der Waals surface area (Å²) in [5.74, 6) is -1.11. The van der Waals surface area contributed by atoms with Gasteiger partial charge in [-0.15, -0.1) is 0 Å². The lowest BCUT2D eigenvalue weighted by molar-refractivity contribution is -0.142. The molecule has 2 aliphatic rings. The number of rotatable bonds is 5. The van der Waals surface area contributed by atoms with Crippen LogP contribution < -0.4 is 4.74 Å². The molecule has 1 fully saturated rings. The molecule has 0 N–H and O–H groups in total. The normalized spacial score (nSPS) is 21.1. The molecule has 0 bridgehead atoms. The Morgan fingerprint density at radius 2 is 1.85 bits per heavy atom. The van der Waals surface area contributed by atoms with Gasteiger partial charge in [-0.05, 0) is 48.8 Å². The molecule has 0 aliphatic carbocycles. The molecule has 2 heterocycles. The summed E-state index contributed by atoms with van der Waals surface area (Å²) in [5, 5.41) is 10.2. The number of carbonyl (C=O) groups is 2. The van der Waals surface area contributed by atoms with Gasteiger partial charge in [0.1, 0.15) is 24.0 Å². The number of ether oxygens (including phenoxy) is 1. The number of sulfone groups is 1. The predicted molar refractivity (Wildman–Crippen MR) is 127 cm³/mol. The summed E-state index contributed by atoms with van der Waals surface area (Å²) in [5.41, 5.74) is 1.82. The number of imide groups is 1. The molecule has 1 atom stereocenters. The number of nitrogens with zero attached hydrogens (tertiary/aromatic N) is 2. The van der Waals surface area contributed by atoms with E-state index < -0.39 is 27.7 Å². The molecular weight excluding hydrogens is 476 g/mol. The topological polar surface area (TPSA) is 105 Å². The van der Waals surface area contributed by atoms with Crippen LogP contribution in [-0.4, -0.2) is 42.7 Å². The molecule has 2 aromatic rings. The largest absolute Gasteiger partial charge is 0.489 e. The quantitative estimate of drug-likeness (QED) is 0.461. The van der Waals surface area contributed by atoms with Gasteiger partial charge in [-0.1, -0.05) is 41.9 Å². The van der Waals surface area contributed by atoms with Crippen molar-refractivity contribution < 1.29 is 22.7 Å². The molecule has 0 unspecified atom stereocenters. The second-order valence-electron chi connectivity index (χ2n) is 8.16. The Labute approximate surface area is 202 Å². The summed E-state index contributed by atoms with van der Waals surface area (Å²) in [7, 11) is -3.33. The van der Waals surface area contributed by atoms with Crippen LogP contribution in [0.15, 0.2) is 65.3 Å². The van der Waals surface area contributed by atoms with E-state index in [0.717, 1.165) is 10.5 Å². The van der Waals surface area contributed by atoms with Crippen LogP contribution in [0.25, 0.3) is 6.08 Å². The Kier molecular flexibility index (Phi) is 6.60. The molecule has 4 rings (SSSR count). The standard InChI is InChI=1S/C25H21ClN2O5S/c1-16-21(24(29)28(25(30)22(16)13-27)19-10-11-34(31,32)15-19)12-17-6-8-20(9-7-17)33-14-18-4-2-3-5-23(18)26/h2-9,12,19H,10-11,14-15H2,1H3/b21-12-/t19-/m1/s1. The van der Waals surface area contributed by atoms with Crippen LogP contribution in [0.3, 0.4) is 0 Å². The number of nitriles is 1. The SMILES string of the molecule is CC1=C(C#N)C(=O)N([C@@H]2CCS(=O)(=O)C2)C(=O)/C1=C\c1ccc(OCc2ccccc2Cl)cc1. The third kappa shape index (κ3) is 4.76. The Bertz CT molecular complexity index is 1370. The van der Waals surface area contributed by atoms with E-state index in [1.807, 2.05) is 24.3 Å². The van der Waals surface area contributed by atoms with Crippen molar-refractivity contribution >= 4 is 39.3 Å². The van der Waals surface area contributed by atoms with Crippen molar-refractivity contribution in [3.05, 3.63) is 81.4 Å². The van der Waals surface area contributed by atoms with Crippen molar-refractivity contribution in [2.75, 3.05) is 11.5 Å². The van der Waals surface area contributed by atoms with Gasteiger partial charge < -0.3 is 4.74 Å². The molecule has 1 saturated heterocycles. The Hall–Kier alpha value is -3.41. The number of hydrogen-bond donors (Lipinski definition) is 0. The van der Waals surface area contributed by atoms with Crippen molar-refractivity contribution in [2.45, 2.75) is 26.0 Å². The summed E-state index contributed by atoms with van der Waals surface area (Å²) < 4.78 is 29.6. The third-order valence-corrected chi connectivity index (χ3v) is 8.01. The summed E-state index contributed by atoms with van der Waals surface area (Å²) >= 11 is 6.15. The fourth-order valence-electron chi connectivity index (χ4n) is 4.01. The third-order valence-electron chi connectivity index (χ3n) is 5.89. The van der Waals surface area contributed by atoms with Crippen LogP contribution >= 0.6 is 11.6 Å². The van der Waals surface area contributed by atoms with Gasteiger partial charge in [-0.25, -0.2) is 8.42 Å². The summed E-state index contributed by atoms with van der Waals surface area (Å²) in [6.45, 7) is 1.84. The van der Waals surface area contributed by atoms with Crippen LogP contribution in [0, 0.1) is 11.3 Å². The number of carbonyl (C=O) groups excluding carboxylic acids is 2. The highest BCUT2D eigenvalue weighted by molar-refractivity contribution is 7.91. The van der Waals surface area contributed by atoms with Crippen LogP contribution in [0.2, 0.25) is 5.02 Å². The lowest BCUT2D eigenvalue weighted by atomic mass is 9.92. The fourth-order valence-corrected chi connectivity index (χ4v) is 5.90. The van der Waals surface area contributed by atoms with Crippen molar-refractivity contribution in [3.8, 4) is 11.8 Å². The molecule has 2 amide bonds. The van der Waals surface area contributed by atoms with Crippen molar-refractivity contribution in [2.24, 2.45) is 0 Å². The minimum atomic E-state index is -3.33. The van der Waals surface area contributed by atoms with E-state index in [1.165, 1.54) is 0 Å². The van der Waals surface area contributed by atoms with E-state index in [4.69, 9.17) is 16.3 Å². The minimum absolute atomic E-state index is 0.0893. The smallest absolute Gasteiger partial charge is 0.271 e. The fraction of sp³-hybridized carbons (Fsp3) is 0.240. The number of amides is 2. The first-order chi connectivity index (χ1) is 16.2. The average molecular weight is 497 g/mol. The van der Waals surface area contributed by atoms with Gasteiger partial charge in [-0.2, -0.15) is 5.26 Å². The van der Waals surface area contributed by atoms with Crippen molar-refractivity contribution in [1.29, 1.82) is 5.26 Å². The molecule has 2 aliphatic heterocycles. The summed E-state index contributed by atoms with van der Waals surface area (Å²) in [6.07, 6.45) is 1.76. The lowest BCUT2D eigenvalue weighted by Gasteiger charge is -2.31. The van der Waals surface area contributed by atoms with E-state index >= 15 is 0 Å². The molecule has 7 nitrogen and oxygen atoms in total. The van der Waals surface area contributed by atoms with Gasteiger partial charge in [0.15, 0.2) is 9.84 Å². The van der Waals surface area contributed by atoms with Crippen LogP contribution in [0.4, 0.5) is 0 Å². The Morgan fingerprint density at radius 1 is 1.15 bits per heavy atom. The van der Waals surface area contributed by atoms with Gasteiger partial charge in [0.05, 0.1) is 17.5 Å². The minimum Gasteiger partial charge on any atom is -0.489 e. The van der Waals surface area contributed by atoms with E-state index in [1.54, 1.807) is 43.3 Å². The van der Waals surface area contributed by atoms with E-state index in [0.29, 0.717) is 22.9 Å². The molecule has 0 spiro atoms. The van der Waals surface area contributed by atoms with E-state index in [9.17, 15) is 23.3 Å². The van der Waals surface area contributed by atoms with Gasteiger partial charge in [0.2, 0.25) is 0 Å². The average Bonchev–Trinajstić information content (AvgIpc) is 3.16. The zero-order valence-electron chi connectivity index (χ0n) is 18.3. The Morgan fingerprint density at radius 3 is 2.47 bits per heavy atom. The van der Waals surface area contributed by atoms with E-state index in [2.05, 4.69) is 0 Å². The van der Waals surface area contributed by atoms with Crippen LogP contribution in [0.5, 0.6) is 5.75 Å². The first-order valence-corrected chi connectivity index (χ1v) is 12.8. The number of halogens is 1. The molecule has 0 aromatic heterocycles. The first-order valence-electron chi connectivity index (χ1n) is 10.6. The number of hydrogen-bond acceptors (Lipinski definition) is 6. The first kappa shape index (κ1) is 23.7. The van der Waals surface area contributed by atoms with E-state index in [-0.39, 0.29) is 34.6 Å². The van der Waals surface area contributed by atoms with Crippen LogP contribution in [0.1, 0.15) is 24.5 Å². The highest BCUT2D eigenvalue weighted by Crippen LogP contribution is 2.31. The highest BCUT2D eigenvalue weighted by atomic mass is 35.5. The maximum Gasteiger partial charge on any atom is 0.271 e. The zero-order chi connectivity index (χ0) is 24.5. The number of benzene rings is 2. The molecule has 0 radical (unpaired) electrons. The van der Waals surface area contributed by atoms with Gasteiger partial charge >= 0.3 is 0 Å². The maximum atomic E-state index is 13.2. The molecule has 34 heavy (non-hydrogen) atoms. The van der Waals surface area contributed by atoms with Crippen LogP contribution in [-0.2, 0) is 26.0 Å². The molecule has 9 heteroatoms. The maximum absolute atomic E-state index is 13.2. The highest BCUT2D eigenvalue weighted by Gasteiger charge is 2.43. The molecule has 2 aromatic carbocycles. The molecule has 0 saturated carbocycles. The van der Waals surface area contributed by atoms with Gasteiger partial charge in [-0.3, -0.25) is 14.5 Å². The predicted octanol–water partition coefficient (Wildman–Crippen LogP) is 3.70. The second kappa shape index (κ2) is 9.45. The summed E-state index contributed by atoms with van der Waals surface area (Å²) in [4.78, 5) is 27.0. The second-order valence-corrected chi connectivity index (χ2v) is 10.8. The Balaban J connectivity index is 1.58. The summed E-state index contributed by atoms with van der Waals surface area (Å²) in [6, 6.07) is 15.5. The zero-order valence-corrected chi connectivity index (χ0v) is 19.9. The monoisotopic (exact) mass is 496 g/mol. The van der Waals surface area contributed by atoms with Gasteiger partial charge in [0, 0.05) is 16.2 Å². The van der Waals surface area contributed by atoms with Gasteiger partial charge in [0.25, 0.3) is 11.8 Å². The van der Waals surface area contributed by atoms with Crippen molar-refractivity contribution in [3.63, 3.8) is 0 Å². The lowest BCUT2D eigenvalue weighted by Crippen LogP contribution is -2.49. The molecular formula is C25H21ClN2O5S.